The molecule has 0 saturated carbocycles. The summed E-state index contributed by atoms with van der Waals surface area (Å²) in [6.07, 6.45) is 1.94. The lowest BCUT2D eigenvalue weighted by Gasteiger charge is -2.17. The van der Waals surface area contributed by atoms with Crippen LogP contribution in [0, 0.1) is 10.1 Å². The van der Waals surface area contributed by atoms with Gasteiger partial charge < -0.3 is 20.5 Å². The van der Waals surface area contributed by atoms with E-state index < -0.39 is 4.92 Å². The van der Waals surface area contributed by atoms with Crippen LogP contribution in [0.25, 0.3) is 0 Å². The fourth-order valence-electron chi connectivity index (χ4n) is 1.97. The predicted octanol–water partition coefficient (Wildman–Crippen LogP) is 1.34. The molecule has 106 valence electrons. The molecule has 0 radical (unpaired) electrons. The number of aromatic nitrogens is 2. The van der Waals surface area contributed by atoms with Crippen molar-refractivity contribution in [2.24, 2.45) is 7.05 Å². The van der Waals surface area contributed by atoms with E-state index in [1.54, 1.807) is 7.05 Å². The van der Waals surface area contributed by atoms with Gasteiger partial charge in [-0.05, 0) is 21.9 Å². The SMILES string of the molecule is Cn1cnc([N+](=O)[O-])c1N[C@@H](CO)Cc1ccccc1. The van der Waals surface area contributed by atoms with E-state index in [9.17, 15) is 15.2 Å². The van der Waals surface area contributed by atoms with E-state index in [2.05, 4.69) is 10.3 Å². The van der Waals surface area contributed by atoms with Gasteiger partial charge >= 0.3 is 5.82 Å². The molecule has 0 aliphatic carbocycles. The largest absolute Gasteiger partial charge is 0.406 e. The fraction of sp³-hybridized carbons (Fsp3) is 0.308. The third-order valence-corrected chi connectivity index (χ3v) is 2.98. The Balaban J connectivity index is 2.14. The summed E-state index contributed by atoms with van der Waals surface area (Å²) in [5, 5.41) is 23.3. The molecule has 0 spiro atoms. The predicted molar refractivity (Wildman–Crippen MR) is 74.5 cm³/mol. The number of aliphatic hydroxyl groups excluding tert-OH is 1. The Labute approximate surface area is 116 Å². The van der Waals surface area contributed by atoms with Gasteiger partial charge in [-0.15, -0.1) is 0 Å². The summed E-state index contributed by atoms with van der Waals surface area (Å²) in [7, 11) is 1.67. The maximum atomic E-state index is 10.9. The van der Waals surface area contributed by atoms with Crippen LogP contribution in [-0.4, -0.2) is 32.2 Å². The van der Waals surface area contributed by atoms with Crippen LogP contribution in [0.1, 0.15) is 5.56 Å². The number of nitro groups is 1. The fourth-order valence-corrected chi connectivity index (χ4v) is 1.97. The van der Waals surface area contributed by atoms with E-state index in [0.717, 1.165) is 5.56 Å². The summed E-state index contributed by atoms with van der Waals surface area (Å²) in [5.74, 6) is 0.0593. The summed E-state index contributed by atoms with van der Waals surface area (Å²) in [5.41, 5.74) is 1.05. The maximum absolute atomic E-state index is 10.9. The first kappa shape index (κ1) is 14.0. The van der Waals surface area contributed by atoms with Crippen LogP contribution in [0.4, 0.5) is 11.6 Å². The smallest absolute Gasteiger partial charge is 0.394 e. The Kier molecular flexibility index (Phi) is 4.31. The van der Waals surface area contributed by atoms with Gasteiger partial charge in [0.05, 0.1) is 12.6 Å². The van der Waals surface area contributed by atoms with Gasteiger partial charge in [0.25, 0.3) is 0 Å². The number of hydrogen-bond donors (Lipinski definition) is 2. The highest BCUT2D eigenvalue weighted by Crippen LogP contribution is 2.22. The number of benzene rings is 1. The molecule has 0 saturated heterocycles. The van der Waals surface area contributed by atoms with Crippen LogP contribution in [0.2, 0.25) is 0 Å². The number of nitrogens with one attached hydrogen (secondary N) is 1. The minimum absolute atomic E-state index is 0.128. The summed E-state index contributed by atoms with van der Waals surface area (Å²) >= 11 is 0. The molecule has 2 rings (SSSR count). The number of nitrogens with zero attached hydrogens (tertiary/aromatic N) is 3. The van der Waals surface area contributed by atoms with Gasteiger partial charge in [0.1, 0.15) is 0 Å². The average molecular weight is 276 g/mol. The topological polar surface area (TPSA) is 93.2 Å². The second-order valence-corrected chi connectivity index (χ2v) is 4.50. The van der Waals surface area contributed by atoms with Gasteiger partial charge in [0.15, 0.2) is 0 Å². The van der Waals surface area contributed by atoms with Crippen LogP contribution in [0.3, 0.4) is 0 Å². The molecule has 1 aromatic carbocycles. The molecule has 1 atom stereocenters. The summed E-state index contributed by atoms with van der Waals surface area (Å²) in [6, 6.07) is 9.32. The molecule has 0 amide bonds. The van der Waals surface area contributed by atoms with Crippen molar-refractivity contribution in [3.8, 4) is 0 Å². The van der Waals surface area contributed by atoms with E-state index in [1.807, 2.05) is 30.3 Å². The van der Waals surface area contributed by atoms with E-state index in [1.165, 1.54) is 10.9 Å². The second kappa shape index (κ2) is 6.16. The zero-order chi connectivity index (χ0) is 14.5. The summed E-state index contributed by atoms with van der Waals surface area (Å²) in [6.45, 7) is -0.128. The van der Waals surface area contributed by atoms with Gasteiger partial charge in [-0.3, -0.25) is 4.57 Å². The van der Waals surface area contributed by atoms with Crippen molar-refractivity contribution in [3.05, 3.63) is 52.3 Å². The average Bonchev–Trinajstić information content (AvgIpc) is 2.81. The number of hydrogen-bond acceptors (Lipinski definition) is 5. The van der Waals surface area contributed by atoms with Crippen LogP contribution in [-0.2, 0) is 13.5 Å². The molecule has 1 heterocycles. The molecule has 20 heavy (non-hydrogen) atoms. The van der Waals surface area contributed by atoms with Crippen LogP contribution >= 0.6 is 0 Å². The Morgan fingerprint density at radius 3 is 2.75 bits per heavy atom. The van der Waals surface area contributed by atoms with Gasteiger partial charge in [-0.2, -0.15) is 0 Å². The molecule has 0 fully saturated rings. The van der Waals surface area contributed by atoms with Crippen molar-refractivity contribution < 1.29 is 10.0 Å². The van der Waals surface area contributed by atoms with Crippen molar-refractivity contribution in [2.45, 2.75) is 12.5 Å². The third kappa shape index (κ3) is 3.12. The Morgan fingerprint density at radius 1 is 1.45 bits per heavy atom. The molecule has 2 N–H and O–H groups in total. The quantitative estimate of drug-likeness (QED) is 0.613. The molecular formula is C13H16N4O3. The Bertz CT molecular complexity index is 583. The van der Waals surface area contributed by atoms with E-state index in [4.69, 9.17) is 0 Å². The number of aryl methyl sites for hydroxylation is 1. The Hall–Kier alpha value is -2.41. The summed E-state index contributed by atoms with van der Waals surface area (Å²) < 4.78 is 1.53. The first-order valence-electron chi connectivity index (χ1n) is 6.19. The van der Waals surface area contributed by atoms with Crippen molar-refractivity contribution in [2.75, 3.05) is 11.9 Å². The molecule has 1 aromatic heterocycles. The van der Waals surface area contributed by atoms with Crippen molar-refractivity contribution in [1.29, 1.82) is 0 Å². The van der Waals surface area contributed by atoms with Crippen LogP contribution < -0.4 is 5.32 Å². The molecular weight excluding hydrogens is 260 g/mol. The van der Waals surface area contributed by atoms with E-state index >= 15 is 0 Å². The maximum Gasteiger partial charge on any atom is 0.406 e. The standard InChI is InChI=1S/C13H16N4O3/c1-16-9-14-12(17(19)20)13(16)15-11(8-18)7-10-5-3-2-4-6-10/h2-6,9,11,15,18H,7-8H2,1H3/t11-/m1/s1. The highest BCUT2D eigenvalue weighted by molar-refractivity contribution is 5.52. The molecule has 7 nitrogen and oxygen atoms in total. The normalized spacial score (nSPS) is 12.1. The first-order valence-corrected chi connectivity index (χ1v) is 6.19. The van der Waals surface area contributed by atoms with Gasteiger partial charge in [0, 0.05) is 7.05 Å². The molecule has 0 aliphatic rings. The van der Waals surface area contributed by atoms with Crippen molar-refractivity contribution in [1.82, 2.24) is 9.55 Å². The lowest BCUT2D eigenvalue weighted by Crippen LogP contribution is -2.27. The van der Waals surface area contributed by atoms with Gasteiger partial charge in [0.2, 0.25) is 12.1 Å². The second-order valence-electron chi connectivity index (χ2n) is 4.50. The first-order chi connectivity index (χ1) is 9.61. The molecule has 0 aliphatic heterocycles. The van der Waals surface area contributed by atoms with Crippen LogP contribution in [0.5, 0.6) is 0 Å². The van der Waals surface area contributed by atoms with Crippen LogP contribution in [0.15, 0.2) is 36.7 Å². The van der Waals surface area contributed by atoms with Gasteiger partial charge in [-0.25, -0.2) is 0 Å². The number of imidazole rings is 1. The highest BCUT2D eigenvalue weighted by atomic mass is 16.6. The zero-order valence-electron chi connectivity index (χ0n) is 11.1. The lowest BCUT2D eigenvalue weighted by molar-refractivity contribution is -0.388. The lowest BCUT2D eigenvalue weighted by atomic mass is 10.1. The molecule has 7 heteroatoms. The Morgan fingerprint density at radius 2 is 2.15 bits per heavy atom. The monoisotopic (exact) mass is 276 g/mol. The highest BCUT2D eigenvalue weighted by Gasteiger charge is 2.22. The van der Waals surface area contributed by atoms with Crippen molar-refractivity contribution in [3.63, 3.8) is 0 Å². The summed E-state index contributed by atoms with van der Waals surface area (Å²) in [4.78, 5) is 14.1. The van der Waals surface area contributed by atoms with Crippen molar-refractivity contribution >= 4 is 11.6 Å². The minimum Gasteiger partial charge on any atom is -0.394 e. The molecule has 2 aromatic rings. The zero-order valence-corrected chi connectivity index (χ0v) is 11.1. The van der Waals surface area contributed by atoms with E-state index in [0.29, 0.717) is 12.2 Å². The number of rotatable bonds is 6. The molecule has 0 bridgehead atoms. The number of anilines is 1. The number of aliphatic hydroxyl groups is 1. The third-order valence-electron chi connectivity index (χ3n) is 2.98. The van der Waals surface area contributed by atoms with E-state index in [-0.39, 0.29) is 18.5 Å². The van der Waals surface area contributed by atoms with Gasteiger partial charge in [-0.1, -0.05) is 30.3 Å². The minimum atomic E-state index is -0.542. The molecule has 0 unspecified atom stereocenters.